The van der Waals surface area contributed by atoms with Crippen molar-refractivity contribution in [3.63, 3.8) is 0 Å². The van der Waals surface area contributed by atoms with Crippen LogP contribution in [0.4, 0.5) is 0 Å². The maximum Gasteiger partial charge on any atom is 0.285 e. The Balaban J connectivity index is 1.85. The zero-order valence-electron chi connectivity index (χ0n) is 12.9. The van der Waals surface area contributed by atoms with Crippen LogP contribution in [0.1, 0.15) is 10.5 Å². The number of benzene rings is 2. The molecule has 2 aromatic carbocycles. The van der Waals surface area contributed by atoms with Gasteiger partial charge in [0, 0.05) is 16.9 Å². The van der Waals surface area contributed by atoms with Gasteiger partial charge in [0.1, 0.15) is 16.9 Å². The maximum absolute atomic E-state index is 12.4. The van der Waals surface area contributed by atoms with E-state index in [4.69, 9.17) is 34.8 Å². The number of amides is 1. The summed E-state index contributed by atoms with van der Waals surface area (Å²) in [4.78, 5) is 15.8. The number of imidazole rings is 1. The van der Waals surface area contributed by atoms with Gasteiger partial charge < -0.3 is 4.57 Å². The standard InChI is InChI=1S/C16H10Cl3N3O3S/c17-10-4-6-11(7-5-10)22-8-14(20-9-22)16(23)21-26(24,25)15-12(18)2-1-3-13(15)19/h1-9H,(H,21,23). The minimum atomic E-state index is -4.26. The lowest BCUT2D eigenvalue weighted by Crippen LogP contribution is -2.31. The molecule has 0 unspecified atom stereocenters. The Morgan fingerprint density at radius 3 is 2.23 bits per heavy atom. The minimum absolute atomic E-state index is 0.0910. The summed E-state index contributed by atoms with van der Waals surface area (Å²) in [6.45, 7) is 0. The summed E-state index contributed by atoms with van der Waals surface area (Å²) in [5.41, 5.74) is 0.615. The molecule has 0 aliphatic heterocycles. The summed E-state index contributed by atoms with van der Waals surface area (Å²) in [7, 11) is -4.26. The zero-order chi connectivity index (χ0) is 18.9. The Kier molecular flexibility index (Phi) is 5.24. The van der Waals surface area contributed by atoms with Gasteiger partial charge in [0.25, 0.3) is 15.9 Å². The number of sulfonamides is 1. The van der Waals surface area contributed by atoms with Gasteiger partial charge in [0.05, 0.1) is 10.0 Å². The van der Waals surface area contributed by atoms with Gasteiger partial charge >= 0.3 is 0 Å². The summed E-state index contributed by atoms with van der Waals surface area (Å²) in [5, 5.41) is 0.378. The van der Waals surface area contributed by atoms with Crippen molar-refractivity contribution in [3.8, 4) is 5.69 Å². The zero-order valence-corrected chi connectivity index (χ0v) is 15.9. The molecule has 0 bridgehead atoms. The highest BCUT2D eigenvalue weighted by Gasteiger charge is 2.25. The molecule has 0 aliphatic carbocycles. The second-order valence-electron chi connectivity index (χ2n) is 5.13. The highest BCUT2D eigenvalue weighted by atomic mass is 35.5. The van der Waals surface area contributed by atoms with Crippen LogP contribution in [0.15, 0.2) is 59.9 Å². The van der Waals surface area contributed by atoms with E-state index in [0.29, 0.717) is 10.7 Å². The maximum atomic E-state index is 12.4. The molecule has 3 aromatic rings. The van der Waals surface area contributed by atoms with Crippen molar-refractivity contribution in [2.24, 2.45) is 0 Å². The Hall–Kier alpha value is -2.06. The van der Waals surface area contributed by atoms with Crippen LogP contribution in [0.3, 0.4) is 0 Å². The Labute approximate surface area is 164 Å². The number of halogens is 3. The fourth-order valence-electron chi connectivity index (χ4n) is 2.16. The molecule has 134 valence electrons. The van der Waals surface area contributed by atoms with Crippen molar-refractivity contribution in [2.75, 3.05) is 0 Å². The SMILES string of the molecule is O=C(NS(=O)(=O)c1c(Cl)cccc1Cl)c1cn(-c2ccc(Cl)cc2)cn1. The third kappa shape index (κ3) is 3.86. The molecular formula is C16H10Cl3N3O3S. The third-order valence-corrected chi connectivity index (χ3v) is 5.89. The number of carbonyl (C=O) groups is 1. The van der Waals surface area contributed by atoms with E-state index in [1.165, 1.54) is 30.7 Å². The molecule has 0 radical (unpaired) electrons. The van der Waals surface area contributed by atoms with Gasteiger partial charge in [0.15, 0.2) is 0 Å². The van der Waals surface area contributed by atoms with E-state index in [0.717, 1.165) is 0 Å². The number of hydrogen-bond donors (Lipinski definition) is 1. The number of hydrogen-bond acceptors (Lipinski definition) is 4. The van der Waals surface area contributed by atoms with Gasteiger partial charge in [-0.1, -0.05) is 40.9 Å². The first-order valence-corrected chi connectivity index (χ1v) is 9.71. The van der Waals surface area contributed by atoms with E-state index in [1.54, 1.807) is 28.8 Å². The van der Waals surface area contributed by atoms with Gasteiger partial charge in [-0.2, -0.15) is 0 Å². The fraction of sp³-hybridized carbons (Fsp3) is 0. The molecular weight excluding hydrogens is 421 g/mol. The molecule has 1 aromatic heterocycles. The average Bonchev–Trinajstić information content (AvgIpc) is 3.05. The lowest BCUT2D eigenvalue weighted by Gasteiger charge is -2.09. The summed E-state index contributed by atoms with van der Waals surface area (Å²) in [5.74, 6) is -0.909. The smallest absolute Gasteiger partial charge is 0.285 e. The summed E-state index contributed by atoms with van der Waals surface area (Å²) < 4.78 is 28.3. The van der Waals surface area contributed by atoms with Crippen LogP contribution in [0.2, 0.25) is 15.1 Å². The second-order valence-corrected chi connectivity index (χ2v) is 8.00. The molecule has 0 saturated carbocycles. The van der Waals surface area contributed by atoms with Gasteiger partial charge in [-0.3, -0.25) is 4.79 Å². The molecule has 0 fully saturated rings. The largest absolute Gasteiger partial charge is 0.305 e. The molecule has 1 amide bonds. The molecule has 1 N–H and O–H groups in total. The molecule has 10 heteroatoms. The minimum Gasteiger partial charge on any atom is -0.305 e. The molecule has 0 aliphatic rings. The number of nitrogens with one attached hydrogen (secondary N) is 1. The molecule has 3 rings (SSSR count). The van der Waals surface area contributed by atoms with Gasteiger partial charge in [0.2, 0.25) is 0 Å². The Bertz CT molecular complexity index is 1060. The number of carbonyl (C=O) groups excluding carboxylic acids is 1. The van der Waals surface area contributed by atoms with Gasteiger partial charge in [-0.15, -0.1) is 0 Å². The summed E-state index contributed by atoms with van der Waals surface area (Å²) in [6, 6.07) is 11.0. The average molecular weight is 431 g/mol. The summed E-state index contributed by atoms with van der Waals surface area (Å²) in [6.07, 6.45) is 2.77. The molecule has 0 atom stereocenters. The van der Waals surface area contributed by atoms with E-state index >= 15 is 0 Å². The number of rotatable bonds is 4. The van der Waals surface area contributed by atoms with Crippen LogP contribution in [-0.2, 0) is 10.0 Å². The first kappa shape index (κ1) is 18.7. The van der Waals surface area contributed by atoms with Crippen molar-refractivity contribution in [1.82, 2.24) is 14.3 Å². The third-order valence-electron chi connectivity index (χ3n) is 3.35. The Morgan fingerprint density at radius 2 is 1.62 bits per heavy atom. The van der Waals surface area contributed by atoms with E-state index in [2.05, 4.69) is 4.98 Å². The van der Waals surface area contributed by atoms with Crippen molar-refractivity contribution in [3.05, 3.63) is 75.8 Å². The topological polar surface area (TPSA) is 81.1 Å². The summed E-state index contributed by atoms with van der Waals surface area (Å²) >= 11 is 17.6. The molecule has 0 saturated heterocycles. The monoisotopic (exact) mass is 429 g/mol. The van der Waals surface area contributed by atoms with E-state index in [-0.39, 0.29) is 20.6 Å². The van der Waals surface area contributed by atoms with Crippen molar-refractivity contribution < 1.29 is 13.2 Å². The Morgan fingerprint density at radius 1 is 1.00 bits per heavy atom. The number of aromatic nitrogens is 2. The van der Waals surface area contributed by atoms with Gasteiger partial charge in [-0.05, 0) is 36.4 Å². The van der Waals surface area contributed by atoms with Crippen molar-refractivity contribution >= 4 is 50.7 Å². The number of nitrogens with zero attached hydrogens (tertiary/aromatic N) is 2. The normalized spacial score (nSPS) is 11.3. The van der Waals surface area contributed by atoms with Crippen LogP contribution < -0.4 is 4.72 Å². The van der Waals surface area contributed by atoms with Crippen LogP contribution in [0.5, 0.6) is 0 Å². The van der Waals surface area contributed by atoms with E-state index in [9.17, 15) is 13.2 Å². The highest BCUT2D eigenvalue weighted by Crippen LogP contribution is 2.28. The quantitative estimate of drug-likeness (QED) is 0.679. The molecule has 1 heterocycles. The molecule has 0 spiro atoms. The fourth-order valence-corrected chi connectivity index (χ4v) is 4.39. The first-order valence-electron chi connectivity index (χ1n) is 7.09. The highest BCUT2D eigenvalue weighted by molar-refractivity contribution is 7.90. The van der Waals surface area contributed by atoms with Crippen molar-refractivity contribution in [1.29, 1.82) is 0 Å². The molecule has 26 heavy (non-hydrogen) atoms. The van der Waals surface area contributed by atoms with Crippen LogP contribution >= 0.6 is 34.8 Å². The van der Waals surface area contributed by atoms with Crippen LogP contribution in [0, 0.1) is 0 Å². The van der Waals surface area contributed by atoms with E-state index < -0.39 is 15.9 Å². The lowest BCUT2D eigenvalue weighted by molar-refractivity contribution is 0.0977. The van der Waals surface area contributed by atoms with E-state index in [1.807, 2.05) is 4.72 Å². The van der Waals surface area contributed by atoms with Crippen LogP contribution in [-0.4, -0.2) is 23.9 Å². The first-order chi connectivity index (χ1) is 12.3. The predicted octanol–water partition coefficient (Wildman–Crippen LogP) is 3.95. The van der Waals surface area contributed by atoms with Gasteiger partial charge in [-0.25, -0.2) is 18.1 Å². The molecule has 6 nitrogen and oxygen atoms in total. The van der Waals surface area contributed by atoms with Crippen LogP contribution in [0.25, 0.3) is 5.69 Å². The second kappa shape index (κ2) is 7.28. The van der Waals surface area contributed by atoms with Crippen molar-refractivity contribution in [2.45, 2.75) is 4.90 Å². The lowest BCUT2D eigenvalue weighted by atomic mass is 10.3. The predicted molar refractivity (Wildman–Crippen MR) is 99.7 cm³/mol.